The maximum absolute atomic E-state index is 11.8. The van der Waals surface area contributed by atoms with E-state index in [0.29, 0.717) is 5.25 Å². The number of hydrogen-bond acceptors (Lipinski definition) is 6. The van der Waals surface area contributed by atoms with E-state index >= 15 is 0 Å². The fourth-order valence-corrected chi connectivity index (χ4v) is 4.39. The highest BCUT2D eigenvalue weighted by molar-refractivity contribution is 8.00. The number of carbonyl (C=O) groups is 1. The molecule has 1 aliphatic rings. The average molecular weight is 329 g/mol. The third kappa shape index (κ3) is 4.72. The van der Waals surface area contributed by atoms with Crippen LogP contribution >= 0.6 is 11.8 Å². The fraction of sp³-hybridized carbons (Fsp3) is 0.500. The summed E-state index contributed by atoms with van der Waals surface area (Å²) in [6, 6.07) is 6.43. The Morgan fingerprint density at radius 3 is 2.38 bits per heavy atom. The summed E-state index contributed by atoms with van der Waals surface area (Å²) in [4.78, 5) is 12.0. The molecule has 1 aromatic rings. The van der Waals surface area contributed by atoms with Crippen molar-refractivity contribution in [1.82, 2.24) is 0 Å². The number of carbonyl (C=O) groups excluding carboxylic acids is 1. The largest absolute Gasteiger partial charge is 0.341 e. The van der Waals surface area contributed by atoms with Crippen molar-refractivity contribution >= 4 is 27.8 Å². The van der Waals surface area contributed by atoms with E-state index in [9.17, 15) is 13.2 Å². The predicted octanol–water partition coefficient (Wildman–Crippen LogP) is 2.30. The van der Waals surface area contributed by atoms with Crippen LogP contribution in [0.5, 0.6) is 0 Å². The summed E-state index contributed by atoms with van der Waals surface area (Å²) in [6.07, 6.45) is 6.25. The Labute approximate surface area is 129 Å². The molecule has 0 radical (unpaired) electrons. The van der Waals surface area contributed by atoms with Crippen LogP contribution in [0.1, 0.15) is 32.1 Å². The van der Waals surface area contributed by atoms with E-state index < -0.39 is 22.6 Å². The first-order valence-corrected chi connectivity index (χ1v) is 9.24. The van der Waals surface area contributed by atoms with Gasteiger partial charge in [-0.3, -0.25) is 0 Å². The number of hydrogen-bond donors (Lipinski definition) is 1. The van der Waals surface area contributed by atoms with Crippen LogP contribution in [0.15, 0.2) is 34.1 Å². The normalized spacial score (nSPS) is 16.6. The van der Waals surface area contributed by atoms with Gasteiger partial charge in [0.1, 0.15) is 4.90 Å². The average Bonchev–Trinajstić information content (AvgIpc) is 2.48. The maximum atomic E-state index is 11.8. The summed E-state index contributed by atoms with van der Waals surface area (Å²) in [5.41, 5.74) is 5.04. The first-order valence-electron chi connectivity index (χ1n) is 6.95. The molecule has 0 saturated heterocycles. The Morgan fingerprint density at radius 2 is 1.81 bits per heavy atom. The molecule has 0 spiro atoms. The maximum Gasteiger partial charge on any atom is 0.341 e. The van der Waals surface area contributed by atoms with Crippen molar-refractivity contribution in [1.29, 1.82) is 0 Å². The van der Waals surface area contributed by atoms with Gasteiger partial charge in [-0.2, -0.15) is 8.42 Å². The SMILES string of the molecule is NCC(=O)OS(=O)(=O)c1ccc(SC2CCCCC2)cc1. The van der Waals surface area contributed by atoms with Crippen LogP contribution in [0.3, 0.4) is 0 Å². The van der Waals surface area contributed by atoms with Gasteiger partial charge >= 0.3 is 16.1 Å². The molecule has 0 amide bonds. The Kier molecular flexibility index (Phi) is 5.66. The summed E-state index contributed by atoms with van der Waals surface area (Å²) < 4.78 is 28.0. The Hall–Kier alpha value is -1.05. The van der Waals surface area contributed by atoms with Gasteiger partial charge in [-0.05, 0) is 37.1 Å². The van der Waals surface area contributed by atoms with Crippen molar-refractivity contribution in [2.24, 2.45) is 5.73 Å². The molecule has 1 fully saturated rings. The highest BCUT2D eigenvalue weighted by Gasteiger charge is 2.20. The minimum Gasteiger partial charge on any atom is -0.341 e. The topological polar surface area (TPSA) is 86.5 Å². The van der Waals surface area contributed by atoms with Crippen LogP contribution in [0.25, 0.3) is 0 Å². The van der Waals surface area contributed by atoms with Gasteiger partial charge in [0.15, 0.2) is 0 Å². The minimum atomic E-state index is -4.06. The lowest BCUT2D eigenvalue weighted by Gasteiger charge is -2.20. The predicted molar refractivity (Wildman–Crippen MR) is 81.5 cm³/mol. The van der Waals surface area contributed by atoms with E-state index in [1.54, 1.807) is 23.9 Å². The van der Waals surface area contributed by atoms with Gasteiger partial charge < -0.3 is 9.92 Å². The molecule has 0 aromatic heterocycles. The van der Waals surface area contributed by atoms with E-state index in [2.05, 4.69) is 4.18 Å². The van der Waals surface area contributed by atoms with Gasteiger partial charge in [0.05, 0.1) is 6.54 Å². The van der Waals surface area contributed by atoms with Gasteiger partial charge in [0.25, 0.3) is 0 Å². The van der Waals surface area contributed by atoms with Crippen molar-refractivity contribution < 1.29 is 17.4 Å². The monoisotopic (exact) mass is 329 g/mol. The molecule has 2 rings (SSSR count). The van der Waals surface area contributed by atoms with Crippen molar-refractivity contribution in [2.45, 2.75) is 47.1 Å². The first-order chi connectivity index (χ1) is 10.0. The molecule has 5 nitrogen and oxygen atoms in total. The number of benzene rings is 1. The van der Waals surface area contributed by atoms with Crippen LogP contribution < -0.4 is 5.73 Å². The zero-order chi connectivity index (χ0) is 15.3. The molecule has 1 aromatic carbocycles. The molecule has 116 valence electrons. The molecule has 1 aliphatic carbocycles. The number of thioether (sulfide) groups is 1. The van der Waals surface area contributed by atoms with Crippen LogP contribution in [0.2, 0.25) is 0 Å². The van der Waals surface area contributed by atoms with Gasteiger partial charge in [-0.15, -0.1) is 11.8 Å². The fourth-order valence-electron chi connectivity index (χ4n) is 2.26. The Balaban J connectivity index is 2.02. The lowest BCUT2D eigenvalue weighted by molar-refractivity contribution is -0.132. The van der Waals surface area contributed by atoms with E-state index in [-0.39, 0.29) is 4.90 Å². The third-order valence-corrected chi connectivity index (χ3v) is 5.94. The van der Waals surface area contributed by atoms with Gasteiger partial charge in [0, 0.05) is 10.1 Å². The van der Waals surface area contributed by atoms with Crippen molar-refractivity contribution in [3.8, 4) is 0 Å². The van der Waals surface area contributed by atoms with Gasteiger partial charge in [0.2, 0.25) is 0 Å². The molecule has 0 aliphatic heterocycles. The molecule has 0 atom stereocenters. The summed E-state index contributed by atoms with van der Waals surface area (Å²) in [7, 11) is -4.06. The second-order valence-electron chi connectivity index (χ2n) is 4.96. The van der Waals surface area contributed by atoms with Gasteiger partial charge in [-0.25, -0.2) is 4.79 Å². The van der Waals surface area contributed by atoms with E-state index in [4.69, 9.17) is 5.73 Å². The molecule has 0 unspecified atom stereocenters. The quantitative estimate of drug-likeness (QED) is 0.834. The highest BCUT2D eigenvalue weighted by Crippen LogP contribution is 2.33. The summed E-state index contributed by atoms with van der Waals surface area (Å²) in [5, 5.41) is 0.608. The molecular formula is C14H19NO4S2. The van der Waals surface area contributed by atoms with Crippen molar-refractivity contribution in [3.05, 3.63) is 24.3 Å². The Morgan fingerprint density at radius 1 is 1.19 bits per heavy atom. The van der Waals surface area contributed by atoms with Crippen LogP contribution in [0, 0.1) is 0 Å². The van der Waals surface area contributed by atoms with E-state index in [1.165, 1.54) is 44.2 Å². The zero-order valence-electron chi connectivity index (χ0n) is 11.7. The number of nitrogens with two attached hydrogens (primary N) is 1. The van der Waals surface area contributed by atoms with Crippen molar-refractivity contribution in [2.75, 3.05) is 6.54 Å². The lowest BCUT2D eigenvalue weighted by Crippen LogP contribution is -2.20. The van der Waals surface area contributed by atoms with E-state index in [0.717, 1.165) is 4.90 Å². The molecule has 2 N–H and O–H groups in total. The molecule has 0 heterocycles. The van der Waals surface area contributed by atoms with Crippen LogP contribution in [-0.2, 0) is 19.1 Å². The molecule has 7 heteroatoms. The second-order valence-corrected chi connectivity index (χ2v) is 7.88. The van der Waals surface area contributed by atoms with Crippen LogP contribution in [-0.4, -0.2) is 26.2 Å². The smallest absolute Gasteiger partial charge is 0.341 e. The zero-order valence-corrected chi connectivity index (χ0v) is 13.3. The molecular weight excluding hydrogens is 310 g/mol. The lowest BCUT2D eigenvalue weighted by atomic mass is 10.0. The summed E-state index contributed by atoms with van der Waals surface area (Å²) in [6.45, 7) is -0.463. The van der Waals surface area contributed by atoms with Crippen LogP contribution in [0.4, 0.5) is 0 Å². The molecule has 0 bridgehead atoms. The summed E-state index contributed by atoms with van der Waals surface area (Å²) >= 11 is 1.78. The second kappa shape index (κ2) is 7.29. The minimum absolute atomic E-state index is 0.0303. The first kappa shape index (κ1) is 16.3. The summed E-state index contributed by atoms with van der Waals surface area (Å²) in [5.74, 6) is -0.962. The third-order valence-electron chi connectivity index (χ3n) is 3.34. The Bertz CT molecular complexity index is 577. The van der Waals surface area contributed by atoms with E-state index in [1.807, 2.05) is 0 Å². The highest BCUT2D eigenvalue weighted by atomic mass is 32.2. The standard InChI is InChI=1S/C14H19NO4S2/c15-10-14(16)19-21(17,18)13-8-6-12(7-9-13)20-11-4-2-1-3-5-11/h6-9,11H,1-5,10,15H2. The number of rotatable bonds is 5. The van der Waals surface area contributed by atoms with Crippen molar-refractivity contribution in [3.63, 3.8) is 0 Å². The molecule has 1 saturated carbocycles. The molecule has 21 heavy (non-hydrogen) atoms. The van der Waals surface area contributed by atoms with Gasteiger partial charge in [-0.1, -0.05) is 19.3 Å².